The number of hydrogen-bond acceptors (Lipinski definition) is 6. The number of carbonyl (C=O) groups is 1. The summed E-state index contributed by atoms with van der Waals surface area (Å²) in [6.45, 7) is 0. The molecule has 0 aliphatic carbocycles. The minimum atomic E-state index is -1.15. The molecule has 1 heterocycles. The summed E-state index contributed by atoms with van der Waals surface area (Å²) in [7, 11) is 0. The first kappa shape index (κ1) is 11.6. The Morgan fingerprint density at radius 2 is 1.89 bits per heavy atom. The van der Waals surface area contributed by atoms with Gasteiger partial charge < -0.3 is 21.3 Å². The molecule has 92 valence electrons. The molecule has 0 radical (unpaired) electrons. The van der Waals surface area contributed by atoms with Crippen molar-refractivity contribution in [1.29, 1.82) is 0 Å². The zero-order valence-corrected chi connectivity index (χ0v) is 9.16. The van der Waals surface area contributed by atoms with Gasteiger partial charge in [-0.1, -0.05) is 0 Å². The number of carboxylic acids is 1. The van der Waals surface area contributed by atoms with Gasteiger partial charge in [0.1, 0.15) is 17.1 Å². The molecule has 1 aromatic heterocycles. The van der Waals surface area contributed by atoms with Crippen molar-refractivity contribution in [2.75, 3.05) is 11.1 Å². The molecule has 0 amide bonds. The standard InChI is InChI=1S/C11H10N4O3/c12-9-5-8(11(17)18)10(15-14-9)13-6-1-3-7(16)4-2-6/h1-5,16H,(H2,12,14)(H,13,15)(H,17,18). The van der Waals surface area contributed by atoms with E-state index >= 15 is 0 Å². The van der Waals surface area contributed by atoms with Crippen LogP contribution in [-0.2, 0) is 0 Å². The van der Waals surface area contributed by atoms with Crippen LogP contribution >= 0.6 is 0 Å². The summed E-state index contributed by atoms with van der Waals surface area (Å²) in [5.41, 5.74) is 5.89. The maximum atomic E-state index is 11.0. The Kier molecular flexibility index (Phi) is 2.96. The number of phenols is 1. The number of aromatic carboxylic acids is 1. The third-order valence-electron chi connectivity index (χ3n) is 2.17. The van der Waals surface area contributed by atoms with E-state index in [0.29, 0.717) is 5.69 Å². The molecule has 0 unspecified atom stereocenters. The summed E-state index contributed by atoms with van der Waals surface area (Å²) in [4.78, 5) is 11.0. The smallest absolute Gasteiger partial charge is 0.339 e. The quantitative estimate of drug-likeness (QED) is 0.600. The number of nitrogens with two attached hydrogens (primary N) is 1. The monoisotopic (exact) mass is 246 g/mol. The molecule has 0 bridgehead atoms. The summed E-state index contributed by atoms with van der Waals surface area (Å²) < 4.78 is 0. The highest BCUT2D eigenvalue weighted by molar-refractivity contribution is 5.94. The van der Waals surface area contributed by atoms with Gasteiger partial charge in [-0.2, -0.15) is 0 Å². The Balaban J connectivity index is 2.34. The van der Waals surface area contributed by atoms with Gasteiger partial charge in [-0.05, 0) is 24.3 Å². The van der Waals surface area contributed by atoms with Crippen LogP contribution in [0, 0.1) is 0 Å². The van der Waals surface area contributed by atoms with E-state index in [1.807, 2.05) is 0 Å². The Labute approximate surface area is 102 Å². The van der Waals surface area contributed by atoms with Crippen LogP contribution in [0.4, 0.5) is 17.3 Å². The van der Waals surface area contributed by atoms with Gasteiger partial charge >= 0.3 is 5.97 Å². The number of aromatic hydroxyl groups is 1. The zero-order chi connectivity index (χ0) is 13.1. The average Bonchev–Trinajstić information content (AvgIpc) is 2.34. The van der Waals surface area contributed by atoms with Crippen molar-refractivity contribution >= 4 is 23.3 Å². The van der Waals surface area contributed by atoms with Gasteiger partial charge in [-0.25, -0.2) is 4.79 Å². The normalized spacial score (nSPS) is 10.0. The molecule has 0 aliphatic rings. The van der Waals surface area contributed by atoms with Crippen LogP contribution in [0.1, 0.15) is 10.4 Å². The molecule has 0 fully saturated rings. The van der Waals surface area contributed by atoms with Gasteiger partial charge in [0.05, 0.1) is 0 Å². The van der Waals surface area contributed by atoms with Crippen molar-refractivity contribution in [2.45, 2.75) is 0 Å². The van der Waals surface area contributed by atoms with Gasteiger partial charge in [-0.3, -0.25) is 0 Å². The molecular weight excluding hydrogens is 236 g/mol. The van der Waals surface area contributed by atoms with Crippen LogP contribution in [0.15, 0.2) is 30.3 Å². The molecule has 2 rings (SSSR count). The van der Waals surface area contributed by atoms with Crippen LogP contribution < -0.4 is 11.1 Å². The first-order valence-electron chi connectivity index (χ1n) is 4.99. The number of phenolic OH excluding ortho intramolecular Hbond substituents is 1. The third kappa shape index (κ3) is 2.46. The molecule has 0 atom stereocenters. The summed E-state index contributed by atoms with van der Waals surface area (Å²) in [5, 5.41) is 28.2. The lowest BCUT2D eigenvalue weighted by molar-refractivity contribution is 0.0697. The number of nitrogens with one attached hydrogen (secondary N) is 1. The molecule has 5 N–H and O–H groups in total. The third-order valence-corrected chi connectivity index (χ3v) is 2.17. The lowest BCUT2D eigenvalue weighted by atomic mass is 10.2. The van der Waals surface area contributed by atoms with Gasteiger partial charge in [0.15, 0.2) is 5.82 Å². The topological polar surface area (TPSA) is 121 Å². The Hall–Kier alpha value is -2.83. The van der Waals surface area contributed by atoms with Crippen molar-refractivity contribution in [3.63, 3.8) is 0 Å². The van der Waals surface area contributed by atoms with Gasteiger partial charge in [-0.15, -0.1) is 10.2 Å². The maximum Gasteiger partial charge on any atom is 0.339 e. The molecule has 0 aliphatic heterocycles. The minimum absolute atomic E-state index is 0.0312. The van der Waals surface area contributed by atoms with E-state index in [0.717, 1.165) is 0 Å². The van der Waals surface area contributed by atoms with E-state index in [4.69, 9.17) is 15.9 Å². The summed E-state index contributed by atoms with van der Waals surface area (Å²) >= 11 is 0. The Bertz CT molecular complexity index is 583. The molecule has 0 spiro atoms. The molecule has 0 saturated carbocycles. The molecular formula is C11H10N4O3. The zero-order valence-electron chi connectivity index (χ0n) is 9.16. The van der Waals surface area contributed by atoms with Crippen LogP contribution in [0.3, 0.4) is 0 Å². The van der Waals surface area contributed by atoms with Crippen molar-refractivity contribution < 1.29 is 15.0 Å². The van der Waals surface area contributed by atoms with Crippen molar-refractivity contribution in [3.05, 3.63) is 35.9 Å². The maximum absolute atomic E-state index is 11.0. The fourth-order valence-corrected chi connectivity index (χ4v) is 1.34. The van der Waals surface area contributed by atoms with Crippen LogP contribution in [-0.4, -0.2) is 26.4 Å². The number of nitrogens with zero attached hydrogens (tertiary/aromatic N) is 2. The van der Waals surface area contributed by atoms with Crippen molar-refractivity contribution in [3.8, 4) is 5.75 Å². The van der Waals surface area contributed by atoms with Gasteiger partial charge in [0, 0.05) is 11.8 Å². The van der Waals surface area contributed by atoms with E-state index in [9.17, 15) is 4.79 Å². The lowest BCUT2D eigenvalue weighted by Gasteiger charge is -2.08. The van der Waals surface area contributed by atoms with Gasteiger partial charge in [0.25, 0.3) is 0 Å². The molecule has 7 heteroatoms. The number of hydrogen-bond donors (Lipinski definition) is 4. The van der Waals surface area contributed by atoms with E-state index in [1.165, 1.54) is 18.2 Å². The molecule has 1 aromatic carbocycles. The van der Waals surface area contributed by atoms with Crippen LogP contribution in [0.5, 0.6) is 5.75 Å². The van der Waals surface area contributed by atoms with E-state index < -0.39 is 5.97 Å². The van der Waals surface area contributed by atoms with E-state index in [2.05, 4.69) is 15.5 Å². The summed E-state index contributed by atoms with van der Waals surface area (Å²) in [6.07, 6.45) is 0. The number of anilines is 3. The molecule has 0 saturated heterocycles. The first-order chi connectivity index (χ1) is 8.56. The highest BCUT2D eigenvalue weighted by atomic mass is 16.4. The number of benzene rings is 1. The fourth-order valence-electron chi connectivity index (χ4n) is 1.34. The van der Waals surface area contributed by atoms with E-state index in [1.54, 1.807) is 12.1 Å². The molecule has 2 aromatic rings. The second-order valence-electron chi connectivity index (χ2n) is 3.51. The summed E-state index contributed by atoms with van der Waals surface area (Å²) in [5.74, 6) is -0.925. The van der Waals surface area contributed by atoms with Gasteiger partial charge in [0.2, 0.25) is 0 Å². The Morgan fingerprint density at radius 1 is 1.22 bits per heavy atom. The fraction of sp³-hybridized carbons (Fsp3) is 0. The number of aromatic nitrogens is 2. The number of nitrogen functional groups attached to an aromatic ring is 1. The number of carboxylic acid groups (broad SMARTS) is 1. The van der Waals surface area contributed by atoms with E-state index in [-0.39, 0.29) is 22.9 Å². The first-order valence-corrected chi connectivity index (χ1v) is 4.99. The lowest BCUT2D eigenvalue weighted by Crippen LogP contribution is -2.08. The highest BCUT2D eigenvalue weighted by Crippen LogP contribution is 2.21. The Morgan fingerprint density at radius 3 is 2.50 bits per heavy atom. The predicted molar refractivity (Wildman–Crippen MR) is 64.8 cm³/mol. The molecule has 18 heavy (non-hydrogen) atoms. The van der Waals surface area contributed by atoms with Crippen LogP contribution in [0.25, 0.3) is 0 Å². The highest BCUT2D eigenvalue weighted by Gasteiger charge is 2.13. The second kappa shape index (κ2) is 4.58. The minimum Gasteiger partial charge on any atom is -0.508 e. The van der Waals surface area contributed by atoms with Crippen LogP contribution in [0.2, 0.25) is 0 Å². The molecule has 7 nitrogen and oxygen atoms in total. The largest absolute Gasteiger partial charge is 0.508 e. The van der Waals surface area contributed by atoms with Crippen molar-refractivity contribution in [1.82, 2.24) is 10.2 Å². The summed E-state index contributed by atoms with van der Waals surface area (Å²) in [6, 6.07) is 7.32. The second-order valence-corrected chi connectivity index (χ2v) is 3.51. The average molecular weight is 246 g/mol. The SMILES string of the molecule is Nc1cc(C(=O)O)c(Nc2ccc(O)cc2)nn1. The van der Waals surface area contributed by atoms with Crippen molar-refractivity contribution in [2.24, 2.45) is 0 Å². The number of rotatable bonds is 3. The predicted octanol–water partition coefficient (Wildman–Crippen LogP) is 1.21.